The van der Waals surface area contributed by atoms with Gasteiger partial charge in [-0.25, -0.2) is 0 Å². The van der Waals surface area contributed by atoms with E-state index in [1.165, 1.54) is 0 Å². The van der Waals surface area contributed by atoms with E-state index in [9.17, 15) is 9.59 Å². The summed E-state index contributed by atoms with van der Waals surface area (Å²) in [6.07, 6.45) is 0. The number of allylic oxidation sites excluding steroid dienone is 2. The van der Waals surface area contributed by atoms with Crippen molar-refractivity contribution < 1.29 is 9.59 Å². The molecular weight excluding hydrogens is 250 g/mol. The molecule has 0 saturated heterocycles. The Labute approximate surface area is 117 Å². The molecule has 2 aromatic rings. The molecule has 0 radical (unpaired) electrons. The average Bonchev–Trinajstić information content (AvgIpc) is 2.63. The van der Waals surface area contributed by atoms with Crippen LogP contribution >= 0.6 is 0 Å². The van der Waals surface area contributed by atoms with Crippen molar-refractivity contribution >= 4 is 22.5 Å². The van der Waals surface area contributed by atoms with Crippen molar-refractivity contribution in [1.82, 2.24) is 4.98 Å². The van der Waals surface area contributed by atoms with Crippen LogP contribution in [0.3, 0.4) is 0 Å². The number of nitrogens with zero attached hydrogens (tertiary/aromatic N) is 1. The summed E-state index contributed by atoms with van der Waals surface area (Å²) in [6.45, 7) is 5.40. The van der Waals surface area contributed by atoms with Crippen LogP contribution in [0.4, 0.5) is 0 Å². The number of hydrogen-bond donors (Lipinski definition) is 0. The molecule has 0 atom stereocenters. The van der Waals surface area contributed by atoms with Crippen LogP contribution in [0.5, 0.6) is 0 Å². The maximum atomic E-state index is 12.2. The summed E-state index contributed by atoms with van der Waals surface area (Å²) in [5, 5.41) is 1.02. The molecule has 1 aliphatic carbocycles. The van der Waals surface area contributed by atoms with Crippen LogP contribution in [0.2, 0.25) is 0 Å². The van der Waals surface area contributed by atoms with E-state index in [1.54, 1.807) is 19.9 Å². The van der Waals surface area contributed by atoms with Crippen LogP contribution in [0, 0.1) is 6.92 Å². The van der Waals surface area contributed by atoms with E-state index in [-0.39, 0.29) is 11.6 Å². The summed E-state index contributed by atoms with van der Waals surface area (Å²) in [7, 11) is 0. The van der Waals surface area contributed by atoms with E-state index in [4.69, 9.17) is 0 Å². The van der Waals surface area contributed by atoms with Gasteiger partial charge in [0.2, 0.25) is 0 Å². The maximum Gasteiger partial charge on any atom is 0.175 e. The summed E-state index contributed by atoms with van der Waals surface area (Å²) in [6, 6.07) is 9.64. The van der Waals surface area contributed by atoms with Gasteiger partial charge in [0.15, 0.2) is 11.6 Å². The van der Waals surface area contributed by atoms with Crippen LogP contribution in [-0.2, 0) is 9.59 Å². The lowest BCUT2D eigenvalue weighted by Crippen LogP contribution is -2.16. The standard InChI is InChI=1S/C17H15NO2/c1-9-5-4-6-12-7-8-13(18-15(9)12)14-16(19)10(2)11(3)17(14)20/h4-8,14H,1-3H3. The molecule has 1 heterocycles. The number of Topliss-reactive ketones (excluding diaryl/α,β-unsaturated/α-hetero) is 2. The SMILES string of the molecule is CC1=C(C)C(=O)C(c2ccc3cccc(C)c3n2)C1=O. The quantitative estimate of drug-likeness (QED) is 0.744. The van der Waals surface area contributed by atoms with Gasteiger partial charge in [0.25, 0.3) is 0 Å². The molecule has 0 amide bonds. The van der Waals surface area contributed by atoms with Crippen molar-refractivity contribution in [2.75, 3.05) is 0 Å². The fourth-order valence-corrected chi connectivity index (χ4v) is 2.66. The van der Waals surface area contributed by atoms with Gasteiger partial charge in [0, 0.05) is 5.39 Å². The summed E-state index contributed by atoms with van der Waals surface area (Å²) < 4.78 is 0. The predicted molar refractivity (Wildman–Crippen MR) is 77.6 cm³/mol. The number of carbonyl (C=O) groups is 2. The number of hydrogen-bond acceptors (Lipinski definition) is 3. The second-order valence-electron chi connectivity index (χ2n) is 5.29. The molecule has 0 fully saturated rings. The lowest BCUT2D eigenvalue weighted by Gasteiger charge is -2.09. The fourth-order valence-electron chi connectivity index (χ4n) is 2.66. The van der Waals surface area contributed by atoms with Gasteiger partial charge in [0.05, 0.1) is 11.2 Å². The molecule has 100 valence electrons. The topological polar surface area (TPSA) is 47.0 Å². The molecule has 0 N–H and O–H groups in total. The Balaban J connectivity index is 2.15. The first-order valence-electron chi connectivity index (χ1n) is 6.63. The van der Waals surface area contributed by atoms with Crippen LogP contribution in [0.15, 0.2) is 41.5 Å². The third-order valence-corrected chi connectivity index (χ3v) is 4.07. The summed E-state index contributed by atoms with van der Waals surface area (Å²) in [5.41, 5.74) is 3.58. The van der Waals surface area contributed by atoms with E-state index in [2.05, 4.69) is 4.98 Å². The van der Waals surface area contributed by atoms with Gasteiger partial charge in [-0.2, -0.15) is 0 Å². The molecule has 0 aliphatic heterocycles. The van der Waals surface area contributed by atoms with Crippen molar-refractivity contribution in [2.45, 2.75) is 26.7 Å². The minimum Gasteiger partial charge on any atom is -0.293 e. The number of ketones is 2. The first kappa shape index (κ1) is 12.7. The molecule has 1 aromatic heterocycles. The number of para-hydroxylation sites is 1. The van der Waals surface area contributed by atoms with Crippen LogP contribution in [-0.4, -0.2) is 16.6 Å². The van der Waals surface area contributed by atoms with Crippen LogP contribution in [0.1, 0.15) is 31.0 Å². The van der Waals surface area contributed by atoms with Crippen molar-refractivity contribution in [3.63, 3.8) is 0 Å². The van der Waals surface area contributed by atoms with Gasteiger partial charge in [-0.1, -0.05) is 24.3 Å². The van der Waals surface area contributed by atoms with Gasteiger partial charge in [-0.3, -0.25) is 14.6 Å². The Kier molecular flexibility index (Phi) is 2.78. The third-order valence-electron chi connectivity index (χ3n) is 4.07. The van der Waals surface area contributed by atoms with Gasteiger partial charge in [-0.15, -0.1) is 0 Å². The second-order valence-corrected chi connectivity index (χ2v) is 5.29. The highest BCUT2D eigenvalue weighted by atomic mass is 16.2. The number of fused-ring (bicyclic) bond motifs is 1. The van der Waals surface area contributed by atoms with Gasteiger partial charge >= 0.3 is 0 Å². The number of aromatic nitrogens is 1. The minimum atomic E-state index is -0.751. The van der Waals surface area contributed by atoms with Crippen molar-refractivity contribution in [1.29, 1.82) is 0 Å². The minimum absolute atomic E-state index is 0.118. The Morgan fingerprint density at radius 3 is 2.20 bits per heavy atom. The lowest BCUT2D eigenvalue weighted by atomic mass is 9.97. The lowest BCUT2D eigenvalue weighted by molar-refractivity contribution is -0.123. The van der Waals surface area contributed by atoms with Crippen molar-refractivity contribution in [3.05, 3.63) is 52.7 Å². The number of rotatable bonds is 1. The fraction of sp³-hybridized carbons (Fsp3) is 0.235. The summed E-state index contributed by atoms with van der Waals surface area (Å²) >= 11 is 0. The first-order valence-corrected chi connectivity index (χ1v) is 6.63. The van der Waals surface area contributed by atoms with Crippen LogP contribution in [0.25, 0.3) is 10.9 Å². The molecule has 0 unspecified atom stereocenters. The Bertz CT molecular complexity index is 763. The first-order chi connectivity index (χ1) is 9.50. The van der Waals surface area contributed by atoms with Gasteiger partial charge in [-0.05, 0) is 43.5 Å². The van der Waals surface area contributed by atoms with Crippen molar-refractivity contribution in [3.8, 4) is 0 Å². The summed E-state index contributed by atoms with van der Waals surface area (Å²) in [4.78, 5) is 29.0. The normalized spacial score (nSPS) is 16.6. The highest BCUT2D eigenvalue weighted by Gasteiger charge is 2.38. The highest BCUT2D eigenvalue weighted by Crippen LogP contribution is 2.32. The Hall–Kier alpha value is -2.29. The van der Waals surface area contributed by atoms with E-state index in [1.807, 2.05) is 31.2 Å². The highest BCUT2D eigenvalue weighted by molar-refractivity contribution is 6.27. The number of aryl methyl sites for hydroxylation is 1. The van der Waals surface area contributed by atoms with Crippen molar-refractivity contribution in [2.24, 2.45) is 0 Å². The van der Waals surface area contributed by atoms with E-state index < -0.39 is 5.92 Å². The molecule has 0 saturated carbocycles. The monoisotopic (exact) mass is 265 g/mol. The second kappa shape index (κ2) is 4.37. The molecule has 1 aromatic carbocycles. The van der Waals surface area contributed by atoms with Gasteiger partial charge < -0.3 is 0 Å². The van der Waals surface area contributed by atoms with Gasteiger partial charge in [0.1, 0.15) is 5.92 Å². The average molecular weight is 265 g/mol. The number of pyridine rings is 1. The number of carbonyl (C=O) groups excluding carboxylic acids is 2. The van der Waals surface area contributed by atoms with E-state index in [0.29, 0.717) is 16.8 Å². The molecular formula is C17H15NO2. The Morgan fingerprint density at radius 2 is 1.55 bits per heavy atom. The molecule has 3 heteroatoms. The molecule has 20 heavy (non-hydrogen) atoms. The molecule has 3 nitrogen and oxygen atoms in total. The molecule has 3 rings (SSSR count). The van der Waals surface area contributed by atoms with E-state index >= 15 is 0 Å². The maximum absolute atomic E-state index is 12.2. The van der Waals surface area contributed by atoms with Crippen LogP contribution < -0.4 is 0 Å². The molecule has 0 bridgehead atoms. The Morgan fingerprint density at radius 1 is 0.900 bits per heavy atom. The zero-order valence-corrected chi connectivity index (χ0v) is 11.7. The zero-order valence-electron chi connectivity index (χ0n) is 11.7. The van der Waals surface area contributed by atoms with E-state index in [0.717, 1.165) is 16.5 Å². The number of benzene rings is 1. The predicted octanol–water partition coefficient (Wildman–Crippen LogP) is 3.12. The largest absolute Gasteiger partial charge is 0.293 e. The summed E-state index contributed by atoms with van der Waals surface area (Å²) in [5.74, 6) is -0.986. The molecule has 0 spiro atoms. The zero-order chi connectivity index (χ0) is 14.4. The third kappa shape index (κ3) is 1.70. The molecule has 1 aliphatic rings. The smallest absolute Gasteiger partial charge is 0.175 e.